The first-order valence-corrected chi connectivity index (χ1v) is 3.13. The lowest BCUT2D eigenvalue weighted by atomic mass is 10.3. The maximum Gasteiger partial charge on any atom is 0.210 e. The van der Waals surface area contributed by atoms with Crippen molar-refractivity contribution in [2.45, 2.75) is 26.3 Å². The molecule has 9 heavy (non-hydrogen) atoms. The summed E-state index contributed by atoms with van der Waals surface area (Å²) < 4.78 is 0. The van der Waals surface area contributed by atoms with E-state index in [4.69, 9.17) is 5.73 Å². The van der Waals surface area contributed by atoms with Crippen molar-refractivity contribution in [2.24, 2.45) is 10.7 Å². The van der Waals surface area contributed by atoms with Crippen molar-refractivity contribution in [1.29, 1.82) is 0 Å². The first kappa shape index (κ1) is 8.27. The number of hydrogen-bond donors (Lipinski definition) is 1. The van der Waals surface area contributed by atoms with Crippen LogP contribution in [0.2, 0.25) is 0 Å². The molecule has 0 bridgehead atoms. The van der Waals surface area contributed by atoms with Crippen LogP contribution in [0.25, 0.3) is 0 Å². The molecule has 2 N–H and O–H groups in total. The van der Waals surface area contributed by atoms with Crippen LogP contribution in [0.1, 0.15) is 20.3 Å². The molecule has 0 aromatic heterocycles. The van der Waals surface area contributed by atoms with Crippen molar-refractivity contribution in [3.63, 3.8) is 0 Å². The molecule has 3 heteroatoms. The largest absolute Gasteiger partial charge is 0.368 e. The molecule has 0 aromatic rings. The van der Waals surface area contributed by atoms with E-state index < -0.39 is 0 Å². The molecule has 0 aliphatic rings. The summed E-state index contributed by atoms with van der Waals surface area (Å²) >= 11 is 0. The van der Waals surface area contributed by atoms with Gasteiger partial charge in [0.2, 0.25) is 5.96 Å². The molecule has 0 aliphatic heterocycles. The number of hydrogen-bond acceptors (Lipinski definition) is 1. The average Bonchev–Trinajstić information content (AvgIpc) is 1.87. The molecule has 3 nitrogen and oxygen atoms in total. The van der Waals surface area contributed by atoms with Gasteiger partial charge in [0, 0.05) is 7.05 Å². The third kappa shape index (κ3) is 3.82. The van der Waals surface area contributed by atoms with E-state index in [1.165, 1.54) is 0 Å². The zero-order valence-corrected chi connectivity index (χ0v) is 6.26. The molecule has 1 radical (unpaired) electrons. The Bertz CT molecular complexity index is 98.5. The van der Waals surface area contributed by atoms with Gasteiger partial charge in [0.25, 0.3) is 0 Å². The summed E-state index contributed by atoms with van der Waals surface area (Å²) in [6.07, 6.45) is 1.01. The molecule has 1 unspecified atom stereocenters. The minimum atomic E-state index is 0.300. The molecular formula is C6H14N3. The maximum atomic E-state index is 5.33. The standard InChI is InChI=1S/C6H14N3/c1-4-5(2)9-6(7)8-3/h5H,4H2,1-3H3,(H2,7,9). The van der Waals surface area contributed by atoms with Gasteiger partial charge in [0.05, 0.1) is 6.04 Å². The van der Waals surface area contributed by atoms with Gasteiger partial charge < -0.3 is 5.73 Å². The van der Waals surface area contributed by atoms with Crippen molar-refractivity contribution in [3.8, 4) is 0 Å². The first-order valence-electron chi connectivity index (χ1n) is 3.13. The number of nitrogens with two attached hydrogens (primary N) is 1. The minimum Gasteiger partial charge on any atom is -0.368 e. The summed E-state index contributed by atoms with van der Waals surface area (Å²) in [7, 11) is 1.64. The van der Waals surface area contributed by atoms with Crippen molar-refractivity contribution in [2.75, 3.05) is 7.05 Å². The normalized spacial score (nSPS) is 15.2. The molecule has 0 spiro atoms. The Labute approximate surface area is 56.3 Å². The average molecular weight is 128 g/mol. The zero-order valence-electron chi connectivity index (χ0n) is 6.26. The monoisotopic (exact) mass is 128 g/mol. The zero-order chi connectivity index (χ0) is 7.28. The van der Waals surface area contributed by atoms with Crippen LogP contribution >= 0.6 is 0 Å². The first-order chi connectivity index (χ1) is 4.20. The van der Waals surface area contributed by atoms with Crippen LogP contribution in [-0.4, -0.2) is 19.0 Å². The molecule has 0 saturated heterocycles. The third-order valence-corrected chi connectivity index (χ3v) is 1.17. The van der Waals surface area contributed by atoms with Gasteiger partial charge in [0.15, 0.2) is 0 Å². The lowest BCUT2D eigenvalue weighted by Gasteiger charge is -2.01. The van der Waals surface area contributed by atoms with Crippen molar-refractivity contribution in [1.82, 2.24) is 5.32 Å². The van der Waals surface area contributed by atoms with E-state index in [0.717, 1.165) is 6.42 Å². The molecular weight excluding hydrogens is 114 g/mol. The Morgan fingerprint density at radius 3 is 2.56 bits per heavy atom. The van der Waals surface area contributed by atoms with Crippen LogP contribution in [0.4, 0.5) is 0 Å². The highest BCUT2D eigenvalue weighted by molar-refractivity contribution is 5.77. The Morgan fingerprint density at radius 1 is 1.67 bits per heavy atom. The van der Waals surface area contributed by atoms with E-state index in [0.29, 0.717) is 12.0 Å². The minimum absolute atomic E-state index is 0.300. The Morgan fingerprint density at radius 2 is 2.22 bits per heavy atom. The fourth-order valence-electron chi connectivity index (χ4n) is 0.375. The highest BCUT2D eigenvalue weighted by Crippen LogP contribution is 1.92. The molecule has 0 fully saturated rings. The van der Waals surface area contributed by atoms with Gasteiger partial charge in [-0.25, -0.2) is 4.99 Å². The van der Waals surface area contributed by atoms with Crippen molar-refractivity contribution in [3.05, 3.63) is 0 Å². The summed E-state index contributed by atoms with van der Waals surface area (Å²) in [5.41, 5.74) is 5.33. The topological polar surface area (TPSA) is 52.5 Å². The summed E-state index contributed by atoms with van der Waals surface area (Å²) in [6, 6.07) is 0.300. The van der Waals surface area contributed by atoms with E-state index >= 15 is 0 Å². The lowest BCUT2D eigenvalue weighted by molar-refractivity contribution is 0.710. The smallest absolute Gasteiger partial charge is 0.210 e. The molecule has 0 aromatic carbocycles. The lowest BCUT2D eigenvalue weighted by Crippen LogP contribution is -2.23. The number of rotatable bonds is 2. The van der Waals surface area contributed by atoms with E-state index in [1.807, 2.05) is 6.92 Å². The van der Waals surface area contributed by atoms with E-state index in [1.54, 1.807) is 7.05 Å². The second kappa shape index (κ2) is 4.18. The van der Waals surface area contributed by atoms with Gasteiger partial charge in [-0.3, -0.25) is 5.32 Å². The third-order valence-electron chi connectivity index (χ3n) is 1.17. The van der Waals surface area contributed by atoms with Crippen LogP contribution in [0, 0.1) is 0 Å². The molecule has 0 rings (SSSR count). The second-order valence-electron chi connectivity index (χ2n) is 1.97. The number of guanidine groups is 1. The molecule has 1 atom stereocenters. The highest BCUT2D eigenvalue weighted by Gasteiger charge is 1.94. The molecule has 0 amide bonds. The highest BCUT2D eigenvalue weighted by atomic mass is 15.1. The second-order valence-corrected chi connectivity index (χ2v) is 1.97. The van der Waals surface area contributed by atoms with Crippen molar-refractivity contribution >= 4 is 5.96 Å². The van der Waals surface area contributed by atoms with Crippen LogP contribution in [0.3, 0.4) is 0 Å². The Hall–Kier alpha value is -0.730. The maximum absolute atomic E-state index is 5.33. The molecule has 53 valence electrons. The molecule has 0 aliphatic carbocycles. The van der Waals surface area contributed by atoms with Gasteiger partial charge >= 0.3 is 0 Å². The summed E-state index contributed by atoms with van der Waals surface area (Å²) in [5.74, 6) is 0.393. The predicted molar refractivity (Wildman–Crippen MR) is 39.4 cm³/mol. The fraction of sp³-hybridized carbons (Fsp3) is 0.833. The van der Waals surface area contributed by atoms with Crippen LogP contribution < -0.4 is 11.1 Å². The Kier molecular flexibility index (Phi) is 3.84. The van der Waals surface area contributed by atoms with Crippen LogP contribution in [0.15, 0.2) is 4.99 Å². The fourth-order valence-corrected chi connectivity index (χ4v) is 0.375. The molecule has 0 saturated carbocycles. The van der Waals surface area contributed by atoms with E-state index in [-0.39, 0.29) is 0 Å². The van der Waals surface area contributed by atoms with Gasteiger partial charge in [-0.15, -0.1) is 0 Å². The SMILES string of the molecule is CCC(C)N=C(N)[N]C. The quantitative estimate of drug-likeness (QED) is 0.423. The van der Waals surface area contributed by atoms with Crippen LogP contribution in [0.5, 0.6) is 0 Å². The number of nitrogens with zero attached hydrogens (tertiary/aromatic N) is 2. The van der Waals surface area contributed by atoms with Crippen LogP contribution in [-0.2, 0) is 0 Å². The van der Waals surface area contributed by atoms with Crippen molar-refractivity contribution < 1.29 is 0 Å². The van der Waals surface area contributed by atoms with Gasteiger partial charge in [-0.1, -0.05) is 6.92 Å². The predicted octanol–water partition coefficient (Wildman–Crippen LogP) is 0.334. The van der Waals surface area contributed by atoms with E-state index in [2.05, 4.69) is 17.2 Å². The molecule has 0 heterocycles. The van der Waals surface area contributed by atoms with Gasteiger partial charge in [0.1, 0.15) is 0 Å². The van der Waals surface area contributed by atoms with Gasteiger partial charge in [-0.2, -0.15) is 0 Å². The summed E-state index contributed by atoms with van der Waals surface area (Å²) in [4.78, 5) is 4.04. The summed E-state index contributed by atoms with van der Waals surface area (Å²) in [6.45, 7) is 4.08. The van der Waals surface area contributed by atoms with E-state index in [9.17, 15) is 0 Å². The number of aliphatic imine (C=N–C) groups is 1. The Balaban J connectivity index is 3.64. The van der Waals surface area contributed by atoms with Gasteiger partial charge in [-0.05, 0) is 13.3 Å². The summed E-state index contributed by atoms with van der Waals surface area (Å²) in [5, 5.41) is 3.70.